The number of unbranched alkanes of at least 4 members (excludes halogenated alkanes) is 13. The van der Waals surface area contributed by atoms with E-state index in [-0.39, 0.29) is 11.8 Å². The van der Waals surface area contributed by atoms with Gasteiger partial charge in [0, 0.05) is 18.3 Å². The number of hydrogen-bond acceptors (Lipinski definition) is 3. The SMILES string of the molecule is CCCCCCCCCCCCCCCCNCC(=O)Nc1cccc(NC(C)=O)c1. The summed E-state index contributed by atoms with van der Waals surface area (Å²) >= 11 is 0. The Hall–Kier alpha value is -1.88. The Morgan fingerprint density at radius 3 is 1.71 bits per heavy atom. The van der Waals surface area contributed by atoms with Crippen molar-refractivity contribution in [2.24, 2.45) is 0 Å². The largest absolute Gasteiger partial charge is 0.326 e. The molecule has 176 valence electrons. The molecule has 0 aromatic heterocycles. The zero-order chi connectivity index (χ0) is 22.6. The highest BCUT2D eigenvalue weighted by Crippen LogP contribution is 2.15. The lowest BCUT2D eigenvalue weighted by Gasteiger charge is -2.09. The van der Waals surface area contributed by atoms with Gasteiger partial charge in [0.05, 0.1) is 6.54 Å². The molecular formula is C26H45N3O2. The molecule has 3 N–H and O–H groups in total. The van der Waals surface area contributed by atoms with Gasteiger partial charge < -0.3 is 16.0 Å². The van der Waals surface area contributed by atoms with Gasteiger partial charge in [-0.05, 0) is 31.2 Å². The molecule has 0 spiro atoms. The van der Waals surface area contributed by atoms with E-state index in [2.05, 4.69) is 22.9 Å². The Bertz CT molecular complexity index is 604. The van der Waals surface area contributed by atoms with Gasteiger partial charge in [-0.1, -0.05) is 96.5 Å². The number of amides is 2. The molecule has 0 saturated heterocycles. The lowest BCUT2D eigenvalue weighted by atomic mass is 10.0. The third-order valence-electron chi connectivity index (χ3n) is 5.46. The monoisotopic (exact) mass is 431 g/mol. The Balaban J connectivity index is 1.90. The van der Waals surface area contributed by atoms with Crippen LogP contribution in [0.2, 0.25) is 0 Å². The Labute approximate surface area is 190 Å². The summed E-state index contributed by atoms with van der Waals surface area (Å²) in [7, 11) is 0. The van der Waals surface area contributed by atoms with E-state index < -0.39 is 0 Å². The summed E-state index contributed by atoms with van der Waals surface area (Å²) in [4.78, 5) is 23.1. The number of nitrogens with one attached hydrogen (secondary N) is 3. The molecule has 0 heterocycles. The maximum absolute atomic E-state index is 12.0. The van der Waals surface area contributed by atoms with Crippen molar-refractivity contribution in [1.82, 2.24) is 5.32 Å². The van der Waals surface area contributed by atoms with Gasteiger partial charge in [0.15, 0.2) is 0 Å². The van der Waals surface area contributed by atoms with Crippen LogP contribution in [0.4, 0.5) is 11.4 Å². The van der Waals surface area contributed by atoms with Gasteiger partial charge in [-0.15, -0.1) is 0 Å². The van der Waals surface area contributed by atoms with Crippen LogP contribution in [0.25, 0.3) is 0 Å². The molecule has 0 fully saturated rings. The van der Waals surface area contributed by atoms with Gasteiger partial charge in [-0.2, -0.15) is 0 Å². The maximum Gasteiger partial charge on any atom is 0.238 e. The molecule has 2 amide bonds. The summed E-state index contributed by atoms with van der Waals surface area (Å²) in [6, 6.07) is 7.18. The van der Waals surface area contributed by atoms with Crippen molar-refractivity contribution in [2.75, 3.05) is 23.7 Å². The Morgan fingerprint density at radius 2 is 1.19 bits per heavy atom. The fourth-order valence-electron chi connectivity index (χ4n) is 3.73. The molecule has 0 unspecified atom stereocenters. The van der Waals surface area contributed by atoms with Crippen molar-refractivity contribution in [2.45, 2.75) is 104 Å². The first-order valence-corrected chi connectivity index (χ1v) is 12.5. The standard InChI is InChI=1S/C26H45N3O2/c1-3-4-5-6-7-8-9-10-11-12-13-14-15-16-20-27-22-26(31)29-25-19-17-18-24(21-25)28-23(2)30/h17-19,21,27H,3-16,20,22H2,1-2H3,(H,28,30)(H,29,31). The van der Waals surface area contributed by atoms with Crippen LogP contribution in [-0.2, 0) is 9.59 Å². The molecular weight excluding hydrogens is 386 g/mol. The highest BCUT2D eigenvalue weighted by Gasteiger charge is 2.03. The van der Waals surface area contributed by atoms with E-state index >= 15 is 0 Å². The Kier molecular flexibility index (Phi) is 16.5. The molecule has 1 rings (SSSR count). The van der Waals surface area contributed by atoms with Crippen molar-refractivity contribution < 1.29 is 9.59 Å². The summed E-state index contributed by atoms with van der Waals surface area (Å²) in [5.41, 5.74) is 1.37. The van der Waals surface area contributed by atoms with Crippen molar-refractivity contribution in [3.8, 4) is 0 Å². The van der Waals surface area contributed by atoms with Crippen LogP contribution in [0.3, 0.4) is 0 Å². The van der Waals surface area contributed by atoms with Crippen LogP contribution < -0.4 is 16.0 Å². The smallest absolute Gasteiger partial charge is 0.238 e. The lowest BCUT2D eigenvalue weighted by molar-refractivity contribution is -0.115. The zero-order valence-electron chi connectivity index (χ0n) is 19.9. The van der Waals surface area contributed by atoms with Gasteiger partial charge >= 0.3 is 0 Å². The molecule has 0 aliphatic carbocycles. The van der Waals surface area contributed by atoms with Gasteiger partial charge in [-0.25, -0.2) is 0 Å². The summed E-state index contributed by atoms with van der Waals surface area (Å²) in [5, 5.41) is 8.78. The molecule has 0 bridgehead atoms. The fourth-order valence-corrected chi connectivity index (χ4v) is 3.73. The molecule has 0 saturated carbocycles. The summed E-state index contributed by atoms with van der Waals surface area (Å²) in [5.74, 6) is -0.191. The van der Waals surface area contributed by atoms with Crippen molar-refractivity contribution in [1.29, 1.82) is 0 Å². The van der Waals surface area contributed by atoms with E-state index in [4.69, 9.17) is 0 Å². The number of carbonyl (C=O) groups is 2. The molecule has 5 nitrogen and oxygen atoms in total. The van der Waals surface area contributed by atoms with E-state index in [1.165, 1.54) is 90.4 Å². The second kappa shape index (κ2) is 18.9. The minimum atomic E-state index is -0.127. The first-order chi connectivity index (χ1) is 15.1. The lowest BCUT2D eigenvalue weighted by Crippen LogP contribution is -2.28. The average Bonchev–Trinajstić information content (AvgIpc) is 2.73. The van der Waals surface area contributed by atoms with Crippen LogP contribution in [-0.4, -0.2) is 24.9 Å². The third kappa shape index (κ3) is 16.5. The topological polar surface area (TPSA) is 70.2 Å². The number of carbonyl (C=O) groups excluding carboxylic acids is 2. The van der Waals surface area contributed by atoms with E-state index in [1.807, 2.05) is 12.1 Å². The van der Waals surface area contributed by atoms with E-state index in [1.54, 1.807) is 12.1 Å². The van der Waals surface area contributed by atoms with Crippen molar-refractivity contribution in [3.63, 3.8) is 0 Å². The molecule has 0 aliphatic rings. The van der Waals surface area contributed by atoms with Crippen LogP contribution in [0, 0.1) is 0 Å². The highest BCUT2D eigenvalue weighted by molar-refractivity contribution is 5.94. The molecule has 0 radical (unpaired) electrons. The summed E-state index contributed by atoms with van der Waals surface area (Å²) < 4.78 is 0. The second-order valence-electron chi connectivity index (χ2n) is 8.58. The molecule has 5 heteroatoms. The molecule has 0 atom stereocenters. The van der Waals surface area contributed by atoms with Gasteiger partial charge in [0.2, 0.25) is 11.8 Å². The fraction of sp³-hybridized carbons (Fsp3) is 0.692. The van der Waals surface area contributed by atoms with E-state index in [0.29, 0.717) is 17.9 Å². The van der Waals surface area contributed by atoms with Crippen LogP contribution in [0.5, 0.6) is 0 Å². The van der Waals surface area contributed by atoms with Gasteiger partial charge in [0.1, 0.15) is 0 Å². The normalized spacial score (nSPS) is 10.8. The van der Waals surface area contributed by atoms with E-state index in [9.17, 15) is 9.59 Å². The quantitative estimate of drug-likeness (QED) is 0.215. The molecule has 0 aliphatic heterocycles. The first-order valence-electron chi connectivity index (χ1n) is 12.5. The average molecular weight is 432 g/mol. The number of benzene rings is 1. The predicted molar refractivity (Wildman–Crippen MR) is 133 cm³/mol. The molecule has 1 aromatic carbocycles. The number of hydrogen-bond donors (Lipinski definition) is 3. The molecule has 31 heavy (non-hydrogen) atoms. The summed E-state index contributed by atoms with van der Waals surface area (Å²) in [6.07, 6.45) is 19.0. The third-order valence-corrected chi connectivity index (χ3v) is 5.46. The van der Waals surface area contributed by atoms with Crippen LogP contribution in [0.1, 0.15) is 104 Å². The van der Waals surface area contributed by atoms with Crippen molar-refractivity contribution >= 4 is 23.2 Å². The Morgan fingerprint density at radius 1 is 0.710 bits per heavy atom. The number of rotatable bonds is 19. The molecule has 1 aromatic rings. The maximum atomic E-state index is 12.0. The van der Waals surface area contributed by atoms with Crippen LogP contribution in [0.15, 0.2) is 24.3 Å². The minimum Gasteiger partial charge on any atom is -0.326 e. The second-order valence-corrected chi connectivity index (χ2v) is 8.58. The minimum absolute atomic E-state index is 0.0645. The first kappa shape index (κ1) is 27.2. The van der Waals surface area contributed by atoms with Crippen molar-refractivity contribution in [3.05, 3.63) is 24.3 Å². The number of anilines is 2. The highest BCUT2D eigenvalue weighted by atomic mass is 16.2. The summed E-state index contributed by atoms with van der Waals surface area (Å²) in [6.45, 7) is 4.92. The van der Waals surface area contributed by atoms with E-state index in [0.717, 1.165) is 13.0 Å². The van der Waals surface area contributed by atoms with Crippen LogP contribution >= 0.6 is 0 Å². The van der Waals surface area contributed by atoms with Gasteiger partial charge in [-0.3, -0.25) is 9.59 Å². The zero-order valence-corrected chi connectivity index (χ0v) is 19.9. The predicted octanol–water partition coefficient (Wildman–Crippen LogP) is 6.65. The van der Waals surface area contributed by atoms with Gasteiger partial charge in [0.25, 0.3) is 0 Å².